The molecule has 4 heteroatoms. The van der Waals surface area contributed by atoms with Crippen LogP contribution in [-0.4, -0.2) is 16.7 Å². The highest BCUT2D eigenvalue weighted by Gasteiger charge is 2.12. The number of aromatic nitrogens is 1. The van der Waals surface area contributed by atoms with Gasteiger partial charge in [0.2, 0.25) is 5.91 Å². The minimum absolute atomic E-state index is 0.0541. The summed E-state index contributed by atoms with van der Waals surface area (Å²) in [6, 6.07) is 3.36. The number of hydrogen-bond donors (Lipinski definition) is 1. The highest BCUT2D eigenvalue weighted by atomic mass is 16.2. The lowest BCUT2D eigenvalue weighted by atomic mass is 10.1. The zero-order chi connectivity index (χ0) is 11.3. The third-order valence-electron chi connectivity index (χ3n) is 1.94. The van der Waals surface area contributed by atoms with Gasteiger partial charge < -0.3 is 5.32 Å². The normalized spacial score (nSPS) is 10.1. The molecule has 0 atom stereocenters. The molecule has 0 aliphatic rings. The van der Waals surface area contributed by atoms with E-state index in [-0.39, 0.29) is 24.0 Å². The van der Waals surface area contributed by atoms with Gasteiger partial charge in [0.1, 0.15) is 5.78 Å². The summed E-state index contributed by atoms with van der Waals surface area (Å²) in [5.74, 6) is -0.436. The fourth-order valence-electron chi connectivity index (χ4n) is 1.00. The molecule has 1 aromatic heterocycles. The summed E-state index contributed by atoms with van der Waals surface area (Å²) < 4.78 is 0. The van der Waals surface area contributed by atoms with Gasteiger partial charge in [0, 0.05) is 24.0 Å². The number of rotatable bonds is 4. The first kappa shape index (κ1) is 11.4. The Morgan fingerprint density at radius 1 is 1.33 bits per heavy atom. The molecule has 80 valence electrons. The molecule has 0 aliphatic carbocycles. The summed E-state index contributed by atoms with van der Waals surface area (Å²) in [6.45, 7) is 3.56. The third-order valence-corrected chi connectivity index (χ3v) is 1.94. The molecule has 0 saturated carbocycles. The van der Waals surface area contributed by atoms with Crippen molar-refractivity contribution in [2.45, 2.75) is 20.3 Å². The van der Waals surface area contributed by atoms with E-state index in [0.29, 0.717) is 5.69 Å². The van der Waals surface area contributed by atoms with Gasteiger partial charge in [0.25, 0.3) is 0 Å². The number of pyridine rings is 1. The van der Waals surface area contributed by atoms with Crippen LogP contribution in [0.4, 0.5) is 5.69 Å². The zero-order valence-electron chi connectivity index (χ0n) is 8.86. The average molecular weight is 206 g/mol. The van der Waals surface area contributed by atoms with Gasteiger partial charge >= 0.3 is 0 Å². The fourth-order valence-corrected chi connectivity index (χ4v) is 1.00. The van der Waals surface area contributed by atoms with Gasteiger partial charge in [-0.1, -0.05) is 13.8 Å². The molecule has 1 rings (SSSR count). The van der Waals surface area contributed by atoms with E-state index in [0.717, 1.165) is 0 Å². The second-order valence-corrected chi connectivity index (χ2v) is 3.58. The van der Waals surface area contributed by atoms with E-state index >= 15 is 0 Å². The minimum atomic E-state index is -0.278. The summed E-state index contributed by atoms with van der Waals surface area (Å²) in [5, 5.41) is 2.63. The van der Waals surface area contributed by atoms with Crippen molar-refractivity contribution in [1.82, 2.24) is 4.98 Å². The van der Waals surface area contributed by atoms with Crippen LogP contribution in [-0.2, 0) is 9.59 Å². The summed E-state index contributed by atoms with van der Waals surface area (Å²) >= 11 is 0. The molecule has 0 unspecified atom stereocenters. The van der Waals surface area contributed by atoms with E-state index in [2.05, 4.69) is 10.3 Å². The second-order valence-electron chi connectivity index (χ2n) is 3.58. The Morgan fingerprint density at radius 3 is 2.47 bits per heavy atom. The number of nitrogens with one attached hydrogen (secondary N) is 1. The van der Waals surface area contributed by atoms with Crippen molar-refractivity contribution < 1.29 is 9.59 Å². The number of Topliss-reactive ketones (excluding diaryl/α,β-unsaturated/α-hetero) is 1. The Kier molecular flexibility index (Phi) is 3.97. The number of carbonyl (C=O) groups excluding carboxylic acids is 2. The first-order chi connectivity index (χ1) is 7.09. The maximum Gasteiger partial charge on any atom is 0.231 e. The highest BCUT2D eigenvalue weighted by Crippen LogP contribution is 2.05. The Morgan fingerprint density at radius 2 is 1.93 bits per heavy atom. The van der Waals surface area contributed by atoms with Crippen molar-refractivity contribution in [3.05, 3.63) is 24.5 Å². The van der Waals surface area contributed by atoms with Crippen molar-refractivity contribution >= 4 is 17.4 Å². The highest BCUT2D eigenvalue weighted by molar-refractivity contribution is 6.04. The Hall–Kier alpha value is -1.71. The van der Waals surface area contributed by atoms with Crippen molar-refractivity contribution in [2.24, 2.45) is 5.92 Å². The van der Waals surface area contributed by atoms with Gasteiger partial charge in [-0.3, -0.25) is 14.6 Å². The maximum absolute atomic E-state index is 11.4. The Labute approximate surface area is 88.7 Å². The van der Waals surface area contributed by atoms with Gasteiger partial charge in [-0.15, -0.1) is 0 Å². The summed E-state index contributed by atoms with van der Waals surface area (Å²) in [6.07, 6.45) is 3.10. The van der Waals surface area contributed by atoms with Crippen LogP contribution in [0.5, 0.6) is 0 Å². The summed E-state index contributed by atoms with van der Waals surface area (Å²) in [5.41, 5.74) is 0.659. The van der Waals surface area contributed by atoms with Gasteiger partial charge in [-0.25, -0.2) is 0 Å². The zero-order valence-corrected chi connectivity index (χ0v) is 8.86. The standard InChI is InChI=1S/C11H14N2O2/c1-8(2)10(14)7-11(15)13-9-3-5-12-6-4-9/h3-6,8H,7H2,1-2H3,(H,12,13,15). The van der Waals surface area contributed by atoms with Crippen LogP contribution in [0.3, 0.4) is 0 Å². The maximum atomic E-state index is 11.4. The molecule has 1 heterocycles. The van der Waals surface area contributed by atoms with E-state index < -0.39 is 0 Å². The molecule has 1 aromatic rings. The molecule has 0 radical (unpaired) electrons. The third kappa shape index (κ3) is 3.89. The van der Waals surface area contributed by atoms with Crippen molar-refractivity contribution in [1.29, 1.82) is 0 Å². The first-order valence-electron chi connectivity index (χ1n) is 4.82. The second kappa shape index (κ2) is 5.24. The van der Waals surface area contributed by atoms with Crippen molar-refractivity contribution in [3.63, 3.8) is 0 Å². The lowest BCUT2D eigenvalue weighted by Gasteiger charge is -2.05. The lowest BCUT2D eigenvalue weighted by Crippen LogP contribution is -2.19. The van der Waals surface area contributed by atoms with E-state index in [9.17, 15) is 9.59 Å². The topological polar surface area (TPSA) is 59.1 Å². The number of ketones is 1. The van der Waals surface area contributed by atoms with E-state index in [1.165, 1.54) is 0 Å². The predicted octanol–water partition coefficient (Wildman–Crippen LogP) is 1.64. The lowest BCUT2D eigenvalue weighted by molar-refractivity contribution is -0.127. The number of carbonyl (C=O) groups is 2. The summed E-state index contributed by atoms with van der Waals surface area (Å²) in [4.78, 5) is 26.5. The monoisotopic (exact) mass is 206 g/mol. The SMILES string of the molecule is CC(C)C(=O)CC(=O)Nc1ccncc1. The molecule has 1 N–H and O–H groups in total. The van der Waals surface area contributed by atoms with Gasteiger partial charge in [0.15, 0.2) is 0 Å². The van der Waals surface area contributed by atoms with Crippen LogP contribution < -0.4 is 5.32 Å². The molecule has 0 saturated heterocycles. The molecule has 0 fully saturated rings. The minimum Gasteiger partial charge on any atom is -0.326 e. The van der Waals surface area contributed by atoms with Crippen LogP contribution in [0.2, 0.25) is 0 Å². The summed E-state index contributed by atoms with van der Waals surface area (Å²) in [7, 11) is 0. The fraction of sp³-hybridized carbons (Fsp3) is 0.364. The predicted molar refractivity (Wildman–Crippen MR) is 57.3 cm³/mol. The first-order valence-corrected chi connectivity index (χ1v) is 4.82. The Bertz CT molecular complexity index is 347. The molecule has 1 amide bonds. The number of hydrogen-bond acceptors (Lipinski definition) is 3. The van der Waals surface area contributed by atoms with Crippen LogP contribution in [0.15, 0.2) is 24.5 Å². The molecule has 0 aliphatic heterocycles. The van der Waals surface area contributed by atoms with E-state index in [1.54, 1.807) is 38.4 Å². The van der Waals surface area contributed by atoms with Crippen LogP contribution >= 0.6 is 0 Å². The average Bonchev–Trinajstić information content (AvgIpc) is 2.18. The van der Waals surface area contributed by atoms with E-state index in [1.807, 2.05) is 0 Å². The number of anilines is 1. The largest absolute Gasteiger partial charge is 0.326 e. The number of nitrogens with zero attached hydrogens (tertiary/aromatic N) is 1. The molecule has 15 heavy (non-hydrogen) atoms. The molecular weight excluding hydrogens is 192 g/mol. The smallest absolute Gasteiger partial charge is 0.231 e. The molecule has 4 nitrogen and oxygen atoms in total. The van der Waals surface area contributed by atoms with Gasteiger partial charge in [-0.05, 0) is 12.1 Å². The van der Waals surface area contributed by atoms with Gasteiger partial charge in [0.05, 0.1) is 6.42 Å². The van der Waals surface area contributed by atoms with Crippen molar-refractivity contribution in [3.8, 4) is 0 Å². The number of amides is 1. The Balaban J connectivity index is 2.47. The molecular formula is C11H14N2O2. The van der Waals surface area contributed by atoms with Crippen LogP contribution in [0.1, 0.15) is 20.3 Å². The molecule has 0 bridgehead atoms. The molecule has 0 spiro atoms. The van der Waals surface area contributed by atoms with E-state index in [4.69, 9.17) is 0 Å². The quantitative estimate of drug-likeness (QED) is 0.762. The van der Waals surface area contributed by atoms with Crippen LogP contribution in [0, 0.1) is 5.92 Å². The van der Waals surface area contributed by atoms with Gasteiger partial charge in [-0.2, -0.15) is 0 Å². The van der Waals surface area contributed by atoms with Crippen LogP contribution in [0.25, 0.3) is 0 Å². The molecule has 0 aromatic carbocycles. The van der Waals surface area contributed by atoms with Crippen molar-refractivity contribution in [2.75, 3.05) is 5.32 Å².